The summed E-state index contributed by atoms with van der Waals surface area (Å²) in [6, 6.07) is 0. The summed E-state index contributed by atoms with van der Waals surface area (Å²) >= 11 is 0. The summed E-state index contributed by atoms with van der Waals surface area (Å²) in [4.78, 5) is 12.8. The Morgan fingerprint density at radius 1 is 1.24 bits per heavy atom. The van der Waals surface area contributed by atoms with E-state index >= 15 is 0 Å². The number of aliphatic carboxylic acids is 1. The van der Waals surface area contributed by atoms with E-state index in [9.17, 15) is 13.2 Å². The highest BCUT2D eigenvalue weighted by Crippen LogP contribution is 2.12. The van der Waals surface area contributed by atoms with Crippen LogP contribution < -0.4 is 0 Å². The molecule has 1 fully saturated rings. The molecule has 0 bridgehead atoms. The molecule has 1 N–H and O–H groups in total. The van der Waals surface area contributed by atoms with E-state index in [1.165, 1.54) is 11.4 Å². The minimum absolute atomic E-state index is 0.00519. The van der Waals surface area contributed by atoms with Crippen LogP contribution in [0.1, 0.15) is 26.7 Å². The maximum Gasteiger partial charge on any atom is 0.304 e. The number of carbonyl (C=O) groups is 1. The number of carboxylic acid groups (broad SMARTS) is 1. The lowest BCUT2D eigenvalue weighted by Crippen LogP contribution is -2.52. The molecular weight excluding hydrogens is 294 g/mol. The zero-order valence-corrected chi connectivity index (χ0v) is 14.0. The number of piperazine rings is 1. The fourth-order valence-electron chi connectivity index (χ4n) is 2.19. The van der Waals surface area contributed by atoms with Crippen molar-refractivity contribution in [2.24, 2.45) is 5.92 Å². The van der Waals surface area contributed by atoms with Gasteiger partial charge in [0.25, 0.3) is 10.2 Å². The van der Waals surface area contributed by atoms with Gasteiger partial charge in [-0.3, -0.25) is 4.79 Å². The van der Waals surface area contributed by atoms with Crippen LogP contribution in [-0.4, -0.2) is 79.3 Å². The summed E-state index contributed by atoms with van der Waals surface area (Å²) in [6.07, 6.45) is 0.940. The van der Waals surface area contributed by atoms with E-state index < -0.39 is 16.2 Å². The Morgan fingerprint density at radius 3 is 2.29 bits per heavy atom. The van der Waals surface area contributed by atoms with Crippen LogP contribution >= 0.6 is 0 Å². The number of carboxylic acids is 1. The number of hydrogen-bond acceptors (Lipinski definition) is 4. The van der Waals surface area contributed by atoms with Gasteiger partial charge in [-0.25, -0.2) is 0 Å². The van der Waals surface area contributed by atoms with E-state index in [1.807, 2.05) is 0 Å². The smallest absolute Gasteiger partial charge is 0.304 e. The predicted octanol–water partition coefficient (Wildman–Crippen LogP) is 0.301. The third-order valence-electron chi connectivity index (χ3n) is 3.71. The van der Waals surface area contributed by atoms with Crippen molar-refractivity contribution in [2.75, 3.05) is 46.3 Å². The van der Waals surface area contributed by atoms with E-state index in [0.29, 0.717) is 19.0 Å². The van der Waals surface area contributed by atoms with Crippen LogP contribution in [0, 0.1) is 5.92 Å². The third-order valence-corrected chi connectivity index (χ3v) is 5.70. The Labute approximate surface area is 127 Å². The lowest BCUT2D eigenvalue weighted by molar-refractivity contribution is -0.137. The molecule has 0 spiro atoms. The quantitative estimate of drug-likeness (QED) is 0.695. The molecule has 8 heteroatoms. The first-order valence-electron chi connectivity index (χ1n) is 7.39. The lowest BCUT2D eigenvalue weighted by atomic mass is 10.1. The maximum absolute atomic E-state index is 12.3. The Kier molecular flexibility index (Phi) is 7.05. The fraction of sp³-hybridized carbons (Fsp3) is 0.923. The zero-order chi connectivity index (χ0) is 16.0. The lowest BCUT2D eigenvalue weighted by Gasteiger charge is -2.36. The second kappa shape index (κ2) is 8.07. The van der Waals surface area contributed by atoms with Gasteiger partial charge in [0, 0.05) is 39.8 Å². The van der Waals surface area contributed by atoms with Crippen LogP contribution in [0.2, 0.25) is 0 Å². The average Bonchev–Trinajstić information content (AvgIpc) is 2.42. The van der Waals surface area contributed by atoms with Crippen molar-refractivity contribution in [1.82, 2.24) is 13.5 Å². The third kappa shape index (κ3) is 5.90. The molecule has 1 aliphatic rings. The molecule has 7 nitrogen and oxygen atoms in total. The summed E-state index contributed by atoms with van der Waals surface area (Å²) in [5.41, 5.74) is 0. The van der Waals surface area contributed by atoms with E-state index in [-0.39, 0.29) is 13.0 Å². The summed E-state index contributed by atoms with van der Waals surface area (Å²) < 4.78 is 27.2. The van der Waals surface area contributed by atoms with Crippen LogP contribution in [0.25, 0.3) is 0 Å². The molecule has 0 aromatic heterocycles. The standard InChI is InChI=1S/C13H27N3O4S/c1-12(2)4-7-15-8-10-16(11-9-15)21(19,20)14(3)6-5-13(17)18/h12H,4-11H2,1-3H3,(H,17,18). The van der Waals surface area contributed by atoms with E-state index in [0.717, 1.165) is 30.4 Å². The van der Waals surface area contributed by atoms with E-state index in [2.05, 4.69) is 18.7 Å². The molecule has 1 heterocycles. The summed E-state index contributed by atoms with van der Waals surface area (Å²) in [5, 5.41) is 8.64. The Morgan fingerprint density at radius 2 is 1.81 bits per heavy atom. The van der Waals surface area contributed by atoms with Gasteiger partial charge in [-0.2, -0.15) is 17.0 Å². The van der Waals surface area contributed by atoms with Crippen LogP contribution in [-0.2, 0) is 15.0 Å². The van der Waals surface area contributed by atoms with E-state index in [4.69, 9.17) is 5.11 Å². The van der Waals surface area contributed by atoms with Crippen LogP contribution in [0.5, 0.6) is 0 Å². The van der Waals surface area contributed by atoms with Gasteiger partial charge in [0.1, 0.15) is 0 Å². The molecule has 0 amide bonds. The normalized spacial score (nSPS) is 18.5. The SMILES string of the molecule is CC(C)CCN1CCN(S(=O)(=O)N(C)CCC(=O)O)CC1. The summed E-state index contributed by atoms with van der Waals surface area (Å²) in [6.45, 7) is 7.77. The van der Waals surface area contributed by atoms with Crippen molar-refractivity contribution >= 4 is 16.2 Å². The molecule has 1 saturated heterocycles. The molecule has 0 aliphatic carbocycles. The molecule has 0 unspecified atom stereocenters. The van der Waals surface area contributed by atoms with Crippen molar-refractivity contribution in [3.63, 3.8) is 0 Å². The first-order chi connectivity index (χ1) is 9.73. The van der Waals surface area contributed by atoms with Crippen molar-refractivity contribution in [3.8, 4) is 0 Å². The maximum atomic E-state index is 12.3. The minimum Gasteiger partial charge on any atom is -0.481 e. The second-order valence-electron chi connectivity index (χ2n) is 5.90. The number of nitrogens with zero attached hydrogens (tertiary/aromatic N) is 3. The van der Waals surface area contributed by atoms with Gasteiger partial charge >= 0.3 is 5.97 Å². The first-order valence-corrected chi connectivity index (χ1v) is 8.78. The molecule has 0 aromatic rings. The van der Waals surface area contributed by atoms with E-state index in [1.54, 1.807) is 0 Å². The number of rotatable bonds is 8. The highest BCUT2D eigenvalue weighted by atomic mass is 32.2. The summed E-state index contributed by atoms with van der Waals surface area (Å²) in [5.74, 6) is -0.343. The largest absolute Gasteiger partial charge is 0.481 e. The fourth-order valence-corrected chi connectivity index (χ4v) is 3.53. The van der Waals surface area contributed by atoms with Gasteiger partial charge in [-0.05, 0) is 18.9 Å². The molecule has 1 aliphatic heterocycles. The van der Waals surface area contributed by atoms with Crippen LogP contribution in [0.15, 0.2) is 0 Å². The molecule has 0 aromatic carbocycles. The monoisotopic (exact) mass is 321 g/mol. The average molecular weight is 321 g/mol. The molecule has 0 saturated carbocycles. The van der Waals surface area contributed by atoms with Gasteiger partial charge in [-0.15, -0.1) is 0 Å². The zero-order valence-electron chi connectivity index (χ0n) is 13.2. The highest BCUT2D eigenvalue weighted by molar-refractivity contribution is 7.86. The number of hydrogen-bond donors (Lipinski definition) is 1. The van der Waals surface area contributed by atoms with Crippen LogP contribution in [0.3, 0.4) is 0 Å². The minimum atomic E-state index is -3.54. The van der Waals surface area contributed by atoms with Gasteiger partial charge in [0.2, 0.25) is 0 Å². The molecule has 124 valence electrons. The Hall–Kier alpha value is -0.700. The predicted molar refractivity (Wildman–Crippen MR) is 81.3 cm³/mol. The topological polar surface area (TPSA) is 81.2 Å². The molecule has 0 atom stereocenters. The summed E-state index contributed by atoms with van der Waals surface area (Å²) in [7, 11) is -2.10. The van der Waals surface area contributed by atoms with Gasteiger partial charge < -0.3 is 10.0 Å². The van der Waals surface area contributed by atoms with Crippen molar-refractivity contribution in [2.45, 2.75) is 26.7 Å². The molecular formula is C13H27N3O4S. The Bertz CT molecular complexity index is 431. The highest BCUT2D eigenvalue weighted by Gasteiger charge is 2.30. The second-order valence-corrected chi connectivity index (χ2v) is 7.93. The Balaban J connectivity index is 2.46. The van der Waals surface area contributed by atoms with Crippen molar-refractivity contribution in [3.05, 3.63) is 0 Å². The first kappa shape index (κ1) is 18.3. The molecule has 1 rings (SSSR count). The van der Waals surface area contributed by atoms with Crippen molar-refractivity contribution in [1.29, 1.82) is 0 Å². The van der Waals surface area contributed by atoms with Gasteiger partial charge in [0.15, 0.2) is 0 Å². The molecule has 21 heavy (non-hydrogen) atoms. The van der Waals surface area contributed by atoms with Crippen LogP contribution in [0.4, 0.5) is 0 Å². The molecule has 0 radical (unpaired) electrons. The van der Waals surface area contributed by atoms with Gasteiger partial charge in [0.05, 0.1) is 6.42 Å². The van der Waals surface area contributed by atoms with Gasteiger partial charge in [-0.1, -0.05) is 13.8 Å². The van der Waals surface area contributed by atoms with Crippen molar-refractivity contribution < 1.29 is 18.3 Å².